The van der Waals surface area contributed by atoms with Gasteiger partial charge in [0.1, 0.15) is 11.0 Å². The Morgan fingerprint density at radius 3 is 2.47 bits per heavy atom. The molecule has 156 valence electrons. The van der Waals surface area contributed by atoms with Gasteiger partial charge in [-0.3, -0.25) is 14.9 Å². The van der Waals surface area contributed by atoms with Crippen molar-refractivity contribution in [3.8, 4) is 10.6 Å². The SMILES string of the molecule is CC[C@@H](C)[C@@H](NC(=O)c1ccc(Br)cc1)C(=O)Nc1nnc(-c2cccc(Br)c2)s1. The normalized spacial score (nSPS) is 12.8. The highest BCUT2D eigenvalue weighted by molar-refractivity contribution is 9.10. The van der Waals surface area contributed by atoms with Gasteiger partial charge in [0.25, 0.3) is 5.91 Å². The summed E-state index contributed by atoms with van der Waals surface area (Å²) in [5.41, 5.74) is 1.40. The third kappa shape index (κ3) is 5.74. The van der Waals surface area contributed by atoms with Gasteiger partial charge in [-0.2, -0.15) is 0 Å². The van der Waals surface area contributed by atoms with Crippen molar-refractivity contribution in [1.82, 2.24) is 15.5 Å². The smallest absolute Gasteiger partial charge is 0.251 e. The van der Waals surface area contributed by atoms with Crippen LogP contribution in [-0.4, -0.2) is 28.1 Å². The molecule has 0 fully saturated rings. The molecule has 9 heteroatoms. The Balaban J connectivity index is 1.73. The average Bonchev–Trinajstić information content (AvgIpc) is 3.20. The Morgan fingerprint density at radius 2 is 1.80 bits per heavy atom. The Hall–Kier alpha value is -2.10. The van der Waals surface area contributed by atoms with Crippen LogP contribution in [0, 0.1) is 5.92 Å². The van der Waals surface area contributed by atoms with Gasteiger partial charge in [0.15, 0.2) is 0 Å². The Morgan fingerprint density at radius 1 is 1.07 bits per heavy atom. The van der Waals surface area contributed by atoms with E-state index in [1.807, 2.05) is 38.1 Å². The molecule has 2 atom stereocenters. The number of carbonyl (C=O) groups excluding carboxylic acids is 2. The number of rotatable bonds is 7. The first-order chi connectivity index (χ1) is 14.4. The van der Waals surface area contributed by atoms with Gasteiger partial charge in [0, 0.05) is 20.1 Å². The zero-order valence-corrected chi connectivity index (χ0v) is 20.3. The fraction of sp³-hybridized carbons (Fsp3) is 0.238. The molecule has 0 aliphatic heterocycles. The molecule has 0 saturated carbocycles. The van der Waals surface area contributed by atoms with Crippen LogP contribution in [0.1, 0.15) is 30.6 Å². The lowest BCUT2D eigenvalue weighted by atomic mass is 9.98. The van der Waals surface area contributed by atoms with Crippen LogP contribution in [0.3, 0.4) is 0 Å². The van der Waals surface area contributed by atoms with Crippen molar-refractivity contribution >= 4 is 60.1 Å². The third-order valence-corrected chi connectivity index (χ3v) is 6.52. The summed E-state index contributed by atoms with van der Waals surface area (Å²) < 4.78 is 1.82. The maximum Gasteiger partial charge on any atom is 0.251 e. The predicted molar refractivity (Wildman–Crippen MR) is 127 cm³/mol. The van der Waals surface area contributed by atoms with Crippen LogP contribution >= 0.6 is 43.2 Å². The van der Waals surface area contributed by atoms with E-state index < -0.39 is 6.04 Å². The summed E-state index contributed by atoms with van der Waals surface area (Å²) in [6.07, 6.45) is 0.734. The molecule has 3 rings (SSSR count). The monoisotopic (exact) mass is 550 g/mol. The van der Waals surface area contributed by atoms with E-state index in [0.29, 0.717) is 15.7 Å². The van der Waals surface area contributed by atoms with E-state index in [1.54, 1.807) is 24.3 Å². The Kier molecular flexibility index (Phi) is 7.74. The van der Waals surface area contributed by atoms with E-state index >= 15 is 0 Å². The molecule has 30 heavy (non-hydrogen) atoms. The molecule has 0 saturated heterocycles. The standard InChI is InChI=1S/C21H20Br2N4O2S/c1-3-12(2)17(24-18(28)13-7-9-15(22)10-8-13)19(29)25-21-27-26-20(30-21)14-5-4-6-16(23)11-14/h4-12,17H,3H2,1-2H3,(H,24,28)(H,25,27,29)/t12-,17-/m1/s1. The second-order valence-electron chi connectivity index (χ2n) is 6.76. The highest BCUT2D eigenvalue weighted by atomic mass is 79.9. The summed E-state index contributed by atoms with van der Waals surface area (Å²) in [6, 6.07) is 14.0. The van der Waals surface area contributed by atoms with Crippen molar-refractivity contribution in [2.24, 2.45) is 5.92 Å². The number of benzene rings is 2. The van der Waals surface area contributed by atoms with Gasteiger partial charge in [-0.1, -0.05) is 75.6 Å². The number of nitrogens with zero attached hydrogens (tertiary/aromatic N) is 2. The maximum absolute atomic E-state index is 12.9. The number of hydrogen-bond acceptors (Lipinski definition) is 5. The molecule has 0 aliphatic carbocycles. The second-order valence-corrected chi connectivity index (χ2v) is 9.56. The van der Waals surface area contributed by atoms with Crippen LogP contribution in [0.25, 0.3) is 10.6 Å². The molecule has 2 amide bonds. The molecule has 2 aromatic carbocycles. The van der Waals surface area contributed by atoms with Gasteiger partial charge in [0.05, 0.1) is 0 Å². The van der Waals surface area contributed by atoms with Crippen molar-refractivity contribution in [2.45, 2.75) is 26.3 Å². The zero-order chi connectivity index (χ0) is 21.7. The topological polar surface area (TPSA) is 84.0 Å². The number of halogens is 2. The fourth-order valence-corrected chi connectivity index (χ4v) is 4.13. The molecule has 1 aromatic heterocycles. The predicted octanol–water partition coefficient (Wildman–Crippen LogP) is 5.51. The van der Waals surface area contributed by atoms with Crippen molar-refractivity contribution < 1.29 is 9.59 Å². The van der Waals surface area contributed by atoms with Crippen LogP contribution < -0.4 is 10.6 Å². The van der Waals surface area contributed by atoms with Gasteiger partial charge in [0.2, 0.25) is 11.0 Å². The molecular formula is C21H20Br2N4O2S. The summed E-state index contributed by atoms with van der Waals surface area (Å²) in [4.78, 5) is 25.6. The summed E-state index contributed by atoms with van der Waals surface area (Å²) >= 11 is 8.08. The van der Waals surface area contributed by atoms with E-state index in [0.717, 1.165) is 20.9 Å². The molecule has 0 spiro atoms. The minimum absolute atomic E-state index is 0.0538. The minimum atomic E-state index is -0.690. The summed E-state index contributed by atoms with van der Waals surface area (Å²) in [6.45, 7) is 3.91. The molecule has 2 N–H and O–H groups in total. The first-order valence-corrected chi connectivity index (χ1v) is 11.7. The molecule has 0 bridgehead atoms. The number of anilines is 1. The zero-order valence-electron chi connectivity index (χ0n) is 16.4. The van der Waals surface area contributed by atoms with Gasteiger partial charge in [-0.15, -0.1) is 10.2 Å². The average molecular weight is 552 g/mol. The highest BCUT2D eigenvalue weighted by Gasteiger charge is 2.27. The lowest BCUT2D eigenvalue weighted by Gasteiger charge is -2.23. The summed E-state index contributed by atoms with van der Waals surface area (Å²) in [7, 11) is 0. The van der Waals surface area contributed by atoms with Gasteiger partial charge >= 0.3 is 0 Å². The van der Waals surface area contributed by atoms with Crippen LogP contribution in [0.4, 0.5) is 5.13 Å². The lowest BCUT2D eigenvalue weighted by molar-refractivity contribution is -0.119. The highest BCUT2D eigenvalue weighted by Crippen LogP contribution is 2.28. The number of nitrogens with one attached hydrogen (secondary N) is 2. The van der Waals surface area contributed by atoms with Crippen molar-refractivity contribution in [1.29, 1.82) is 0 Å². The van der Waals surface area contributed by atoms with E-state index in [4.69, 9.17) is 0 Å². The Labute approximate surface area is 195 Å². The van der Waals surface area contributed by atoms with Crippen LogP contribution in [0.15, 0.2) is 57.5 Å². The van der Waals surface area contributed by atoms with Crippen molar-refractivity contribution in [3.05, 3.63) is 63.0 Å². The number of aromatic nitrogens is 2. The lowest BCUT2D eigenvalue weighted by Crippen LogP contribution is -2.47. The molecule has 6 nitrogen and oxygen atoms in total. The van der Waals surface area contributed by atoms with E-state index in [-0.39, 0.29) is 17.7 Å². The summed E-state index contributed by atoms with van der Waals surface area (Å²) in [5.74, 6) is -0.663. The largest absolute Gasteiger partial charge is 0.340 e. The number of hydrogen-bond donors (Lipinski definition) is 2. The number of amides is 2. The van der Waals surface area contributed by atoms with Gasteiger partial charge in [-0.05, 0) is 42.3 Å². The van der Waals surface area contributed by atoms with Crippen molar-refractivity contribution in [3.63, 3.8) is 0 Å². The van der Waals surface area contributed by atoms with Crippen LogP contribution in [-0.2, 0) is 4.79 Å². The fourth-order valence-electron chi connectivity index (χ4n) is 2.72. The quantitative estimate of drug-likeness (QED) is 0.405. The molecule has 0 radical (unpaired) electrons. The van der Waals surface area contributed by atoms with Gasteiger partial charge in [-0.25, -0.2) is 0 Å². The summed E-state index contributed by atoms with van der Waals surface area (Å²) in [5, 5.41) is 15.0. The molecular weight excluding hydrogens is 532 g/mol. The minimum Gasteiger partial charge on any atom is -0.340 e. The molecule has 1 heterocycles. The molecule has 0 aliphatic rings. The first-order valence-electron chi connectivity index (χ1n) is 9.34. The van der Waals surface area contributed by atoms with E-state index in [1.165, 1.54) is 11.3 Å². The van der Waals surface area contributed by atoms with Crippen molar-refractivity contribution in [2.75, 3.05) is 5.32 Å². The van der Waals surface area contributed by atoms with Gasteiger partial charge < -0.3 is 5.32 Å². The Bertz CT molecular complexity index is 1040. The maximum atomic E-state index is 12.9. The van der Waals surface area contributed by atoms with Crippen LogP contribution in [0.5, 0.6) is 0 Å². The van der Waals surface area contributed by atoms with Crippen LogP contribution in [0.2, 0.25) is 0 Å². The molecule has 0 unspecified atom stereocenters. The van der Waals surface area contributed by atoms with E-state index in [9.17, 15) is 9.59 Å². The number of carbonyl (C=O) groups is 2. The second kappa shape index (κ2) is 10.3. The first kappa shape index (κ1) is 22.6. The van der Waals surface area contributed by atoms with E-state index in [2.05, 4.69) is 52.7 Å². The molecule has 3 aromatic rings. The third-order valence-electron chi connectivity index (χ3n) is 4.62.